The minimum absolute atomic E-state index is 0.0777. The molecule has 1 fully saturated rings. The number of hydrogen-bond donors (Lipinski definition) is 0. The smallest absolute Gasteiger partial charge is 0.227 e. The van der Waals surface area contributed by atoms with E-state index in [1.165, 1.54) is 17.7 Å². The van der Waals surface area contributed by atoms with Crippen LogP contribution in [0.25, 0.3) is 11.1 Å². The van der Waals surface area contributed by atoms with Crippen molar-refractivity contribution in [1.82, 2.24) is 9.80 Å². The molecule has 30 heavy (non-hydrogen) atoms. The first-order valence-corrected chi connectivity index (χ1v) is 10.7. The summed E-state index contributed by atoms with van der Waals surface area (Å²) in [6.07, 6.45) is 3.95. The summed E-state index contributed by atoms with van der Waals surface area (Å²) in [5.41, 5.74) is 4.47. The highest BCUT2D eigenvalue weighted by molar-refractivity contribution is 5.79. The zero-order valence-electron chi connectivity index (χ0n) is 17.5. The molecule has 2 aromatic rings. The predicted molar refractivity (Wildman–Crippen MR) is 117 cm³/mol. The average Bonchev–Trinajstić information content (AvgIpc) is 2.89. The molecule has 158 valence electrons. The van der Waals surface area contributed by atoms with Crippen LogP contribution in [0.2, 0.25) is 0 Å². The Labute approximate surface area is 177 Å². The van der Waals surface area contributed by atoms with Crippen LogP contribution in [0.3, 0.4) is 0 Å². The van der Waals surface area contributed by atoms with Gasteiger partial charge < -0.3 is 9.64 Å². The van der Waals surface area contributed by atoms with Gasteiger partial charge in [0.05, 0.1) is 19.1 Å². The van der Waals surface area contributed by atoms with Gasteiger partial charge in [-0.25, -0.2) is 4.39 Å². The maximum atomic E-state index is 13.3. The molecule has 1 amide bonds. The molecule has 2 aromatic carbocycles. The summed E-state index contributed by atoms with van der Waals surface area (Å²) >= 11 is 0. The van der Waals surface area contributed by atoms with Gasteiger partial charge in [-0.05, 0) is 47.2 Å². The Morgan fingerprint density at radius 2 is 1.93 bits per heavy atom. The zero-order valence-corrected chi connectivity index (χ0v) is 17.5. The second-order valence-corrected chi connectivity index (χ2v) is 8.31. The number of halogens is 1. The largest absolute Gasteiger partial charge is 0.377 e. The third kappa shape index (κ3) is 5.15. The quantitative estimate of drug-likeness (QED) is 0.706. The number of carbonyl (C=O) groups is 1. The van der Waals surface area contributed by atoms with Gasteiger partial charge in [-0.1, -0.05) is 42.5 Å². The molecule has 0 aliphatic carbocycles. The van der Waals surface area contributed by atoms with Crippen molar-refractivity contribution < 1.29 is 13.9 Å². The van der Waals surface area contributed by atoms with Crippen molar-refractivity contribution in [3.8, 4) is 11.1 Å². The molecule has 4 rings (SSSR count). The van der Waals surface area contributed by atoms with Gasteiger partial charge in [-0.2, -0.15) is 0 Å². The summed E-state index contributed by atoms with van der Waals surface area (Å²) in [5.74, 6) is -0.106. The van der Waals surface area contributed by atoms with Crippen molar-refractivity contribution in [1.29, 1.82) is 0 Å². The van der Waals surface area contributed by atoms with Gasteiger partial charge in [0, 0.05) is 33.2 Å². The highest BCUT2D eigenvalue weighted by atomic mass is 19.1. The van der Waals surface area contributed by atoms with Crippen molar-refractivity contribution in [3.63, 3.8) is 0 Å². The fourth-order valence-corrected chi connectivity index (χ4v) is 4.30. The van der Waals surface area contributed by atoms with E-state index < -0.39 is 0 Å². The first kappa shape index (κ1) is 20.8. The number of benzene rings is 2. The number of amides is 1. The summed E-state index contributed by atoms with van der Waals surface area (Å²) < 4.78 is 18.8. The lowest BCUT2D eigenvalue weighted by Crippen LogP contribution is -2.35. The van der Waals surface area contributed by atoms with Gasteiger partial charge in [-0.3, -0.25) is 9.69 Å². The van der Waals surface area contributed by atoms with Gasteiger partial charge in [0.1, 0.15) is 5.82 Å². The molecule has 0 spiro atoms. The van der Waals surface area contributed by atoms with Crippen LogP contribution in [-0.2, 0) is 16.0 Å². The van der Waals surface area contributed by atoms with Crippen molar-refractivity contribution in [2.75, 3.05) is 46.4 Å². The highest BCUT2D eigenvalue weighted by Crippen LogP contribution is 2.24. The van der Waals surface area contributed by atoms with E-state index in [0.29, 0.717) is 13.0 Å². The number of likely N-dealkylation sites (N-methyl/N-ethyl adjacent to an activating group) is 1. The van der Waals surface area contributed by atoms with E-state index in [9.17, 15) is 9.18 Å². The number of nitrogens with zero attached hydrogens (tertiary/aromatic N) is 2. The zero-order chi connectivity index (χ0) is 20.9. The highest BCUT2D eigenvalue weighted by Gasteiger charge is 2.29. The molecule has 0 saturated carbocycles. The van der Waals surface area contributed by atoms with Crippen LogP contribution < -0.4 is 0 Å². The number of ether oxygens (including phenoxy) is 1. The molecular formula is C25H29FN2O2. The molecular weight excluding hydrogens is 379 g/mol. The summed E-state index contributed by atoms with van der Waals surface area (Å²) in [6.45, 7) is 4.75. The summed E-state index contributed by atoms with van der Waals surface area (Å²) in [4.78, 5) is 17.2. The molecule has 5 heteroatoms. The van der Waals surface area contributed by atoms with Crippen LogP contribution in [0.4, 0.5) is 4.39 Å². The number of hydrogen-bond acceptors (Lipinski definition) is 3. The third-order valence-electron chi connectivity index (χ3n) is 5.95. The van der Waals surface area contributed by atoms with Crippen LogP contribution in [0.5, 0.6) is 0 Å². The minimum Gasteiger partial charge on any atom is -0.377 e. The van der Waals surface area contributed by atoms with E-state index in [1.807, 2.05) is 24.1 Å². The van der Waals surface area contributed by atoms with Gasteiger partial charge >= 0.3 is 0 Å². The van der Waals surface area contributed by atoms with E-state index in [1.54, 1.807) is 12.1 Å². The molecule has 1 unspecified atom stereocenters. The molecule has 4 nitrogen and oxygen atoms in total. The number of rotatable bonds is 5. The molecule has 2 aliphatic heterocycles. The number of carbonyl (C=O) groups excluding carboxylic acids is 1. The molecule has 0 aromatic heterocycles. The molecule has 0 radical (unpaired) electrons. The van der Waals surface area contributed by atoms with Crippen molar-refractivity contribution >= 4 is 5.91 Å². The van der Waals surface area contributed by atoms with Crippen molar-refractivity contribution in [3.05, 3.63) is 71.6 Å². The van der Waals surface area contributed by atoms with Gasteiger partial charge in [-0.15, -0.1) is 0 Å². The van der Waals surface area contributed by atoms with E-state index in [4.69, 9.17) is 4.74 Å². The fraction of sp³-hybridized carbons (Fsp3) is 0.400. The van der Waals surface area contributed by atoms with Crippen LogP contribution in [-0.4, -0.2) is 62.1 Å². The Hall–Kier alpha value is -2.50. The fourth-order valence-electron chi connectivity index (χ4n) is 4.30. The Kier molecular flexibility index (Phi) is 6.60. The molecule has 2 heterocycles. The van der Waals surface area contributed by atoms with Crippen molar-refractivity contribution in [2.45, 2.75) is 12.8 Å². The molecule has 0 bridgehead atoms. The Balaban J connectivity index is 1.49. The topological polar surface area (TPSA) is 32.8 Å². The molecule has 1 saturated heterocycles. The van der Waals surface area contributed by atoms with Crippen LogP contribution >= 0.6 is 0 Å². The molecule has 2 aliphatic rings. The molecule has 1 atom stereocenters. The normalized spacial score (nSPS) is 20.7. The first-order valence-electron chi connectivity index (χ1n) is 10.7. The summed E-state index contributed by atoms with van der Waals surface area (Å²) in [7, 11) is 1.90. The SMILES string of the molecule is CN1CCN(CC2=CCCOC2)CC(Cc2cccc(-c3ccc(F)cc3)c2)C1=O. The maximum absolute atomic E-state index is 13.3. The van der Waals surface area contributed by atoms with Crippen LogP contribution in [0.15, 0.2) is 60.2 Å². The third-order valence-corrected chi connectivity index (χ3v) is 5.95. The first-order chi connectivity index (χ1) is 14.6. The second-order valence-electron chi connectivity index (χ2n) is 8.31. The Morgan fingerprint density at radius 3 is 2.70 bits per heavy atom. The van der Waals surface area contributed by atoms with Crippen molar-refractivity contribution in [2.24, 2.45) is 5.92 Å². The predicted octanol–water partition coefficient (Wildman–Crippen LogP) is 3.77. The van der Waals surface area contributed by atoms with Crippen LogP contribution in [0, 0.1) is 11.7 Å². The average molecular weight is 409 g/mol. The van der Waals surface area contributed by atoms with E-state index in [2.05, 4.69) is 23.1 Å². The Bertz CT molecular complexity index is 910. The monoisotopic (exact) mass is 408 g/mol. The second kappa shape index (κ2) is 9.54. The summed E-state index contributed by atoms with van der Waals surface area (Å²) in [6, 6.07) is 14.8. The van der Waals surface area contributed by atoms with E-state index in [-0.39, 0.29) is 17.6 Å². The summed E-state index contributed by atoms with van der Waals surface area (Å²) in [5, 5.41) is 0. The van der Waals surface area contributed by atoms with E-state index >= 15 is 0 Å². The Morgan fingerprint density at radius 1 is 1.10 bits per heavy atom. The van der Waals surface area contributed by atoms with Crippen LogP contribution in [0.1, 0.15) is 12.0 Å². The van der Waals surface area contributed by atoms with Gasteiger partial charge in [0.2, 0.25) is 5.91 Å². The maximum Gasteiger partial charge on any atom is 0.227 e. The minimum atomic E-state index is -0.236. The molecule has 0 N–H and O–H groups in total. The van der Waals surface area contributed by atoms with E-state index in [0.717, 1.165) is 55.9 Å². The lowest BCUT2D eigenvalue weighted by Gasteiger charge is -2.25. The van der Waals surface area contributed by atoms with Gasteiger partial charge in [0.25, 0.3) is 0 Å². The van der Waals surface area contributed by atoms with Gasteiger partial charge in [0.15, 0.2) is 0 Å². The lowest BCUT2D eigenvalue weighted by molar-refractivity contribution is -0.133. The standard InChI is InChI=1S/C25H29FN2O2/c1-27-11-12-28(16-20-5-3-13-30-18-20)17-23(25(27)29)15-19-4-2-6-22(14-19)21-7-9-24(26)10-8-21/h2,4-10,14,23H,3,11-13,15-18H2,1H3. The lowest BCUT2D eigenvalue weighted by atomic mass is 9.94.